The molecule has 0 radical (unpaired) electrons. The quantitative estimate of drug-likeness (QED) is 0.761. The van der Waals surface area contributed by atoms with Crippen molar-refractivity contribution in [2.45, 2.75) is 6.54 Å². The summed E-state index contributed by atoms with van der Waals surface area (Å²) in [7, 11) is 1.55. The molecule has 1 aromatic heterocycles. The zero-order valence-electron chi connectivity index (χ0n) is 10.6. The van der Waals surface area contributed by atoms with Gasteiger partial charge in [-0.25, -0.2) is 0 Å². The molecule has 98 valence electrons. The average Bonchev–Trinajstić information content (AvgIpc) is 2.48. The molecule has 0 bridgehead atoms. The molecule has 2 rings (SSSR count). The average molecular weight is 257 g/mol. The van der Waals surface area contributed by atoms with Gasteiger partial charge in [-0.3, -0.25) is 4.79 Å². The summed E-state index contributed by atoms with van der Waals surface area (Å²) in [5, 5.41) is 13.4. The Hall–Kier alpha value is -2.47. The second-order valence-electron chi connectivity index (χ2n) is 3.91. The second-order valence-corrected chi connectivity index (χ2v) is 3.91. The summed E-state index contributed by atoms with van der Waals surface area (Å²) in [6.45, 7) is 0.515. The number of nitrogens with zero attached hydrogens (tertiary/aromatic N) is 2. The number of hydrogen-bond acceptors (Lipinski definition) is 5. The summed E-state index contributed by atoms with van der Waals surface area (Å²) in [5.41, 5.74) is 7.76. The fraction of sp³-hybridized carbons (Fsp3) is 0.154. The molecule has 0 atom stereocenters. The third-order valence-electron chi connectivity index (χ3n) is 2.59. The largest absolute Gasteiger partial charge is 0.354 e. The van der Waals surface area contributed by atoms with Crippen LogP contribution in [0.5, 0.6) is 0 Å². The van der Waals surface area contributed by atoms with Gasteiger partial charge in [0.2, 0.25) is 0 Å². The van der Waals surface area contributed by atoms with Crippen molar-refractivity contribution in [1.82, 2.24) is 15.5 Å². The number of hydrogen-bond donors (Lipinski definition) is 3. The van der Waals surface area contributed by atoms with Gasteiger partial charge >= 0.3 is 0 Å². The normalized spacial score (nSPS) is 10.0. The number of benzene rings is 1. The number of nitrogens with one attached hydrogen (secondary N) is 2. The Kier molecular flexibility index (Phi) is 4.04. The van der Waals surface area contributed by atoms with Crippen molar-refractivity contribution in [3.8, 4) is 0 Å². The van der Waals surface area contributed by atoms with E-state index in [2.05, 4.69) is 20.8 Å². The van der Waals surface area contributed by atoms with Crippen molar-refractivity contribution >= 4 is 17.4 Å². The maximum absolute atomic E-state index is 11.3. The lowest BCUT2D eigenvalue weighted by molar-refractivity contribution is 0.0957. The van der Waals surface area contributed by atoms with Crippen LogP contribution < -0.4 is 16.4 Å². The molecule has 0 spiro atoms. The van der Waals surface area contributed by atoms with Crippen LogP contribution in [-0.4, -0.2) is 23.2 Å². The molecule has 0 aliphatic rings. The fourth-order valence-corrected chi connectivity index (χ4v) is 1.52. The summed E-state index contributed by atoms with van der Waals surface area (Å²) in [5.74, 6) is 0.319. The first-order valence-electron chi connectivity index (χ1n) is 5.85. The molecule has 6 heteroatoms. The molecule has 0 aliphatic heterocycles. The molecular weight excluding hydrogens is 242 g/mol. The number of anilines is 2. The Labute approximate surface area is 111 Å². The summed E-state index contributed by atoms with van der Waals surface area (Å²) in [6.07, 6.45) is 0. The van der Waals surface area contributed by atoms with Crippen molar-refractivity contribution in [2.75, 3.05) is 12.4 Å². The van der Waals surface area contributed by atoms with Crippen molar-refractivity contribution in [1.29, 1.82) is 0 Å². The second kappa shape index (κ2) is 5.92. The number of carbonyl (C=O) groups excluding carboxylic acids is 1. The van der Waals surface area contributed by atoms with Gasteiger partial charge in [-0.15, -0.1) is 10.2 Å². The Morgan fingerprint density at radius 2 is 1.89 bits per heavy atom. The van der Waals surface area contributed by atoms with E-state index in [-0.39, 0.29) is 11.6 Å². The van der Waals surface area contributed by atoms with Gasteiger partial charge < -0.3 is 16.4 Å². The van der Waals surface area contributed by atoms with Crippen LogP contribution in [0.3, 0.4) is 0 Å². The van der Waals surface area contributed by atoms with Gasteiger partial charge in [0.05, 0.1) is 0 Å². The first-order valence-corrected chi connectivity index (χ1v) is 5.85. The van der Waals surface area contributed by atoms with Gasteiger partial charge in [0.15, 0.2) is 11.5 Å². The molecule has 0 saturated carbocycles. The summed E-state index contributed by atoms with van der Waals surface area (Å²) in [4.78, 5) is 11.3. The monoisotopic (exact) mass is 257 g/mol. The van der Waals surface area contributed by atoms with Crippen LogP contribution in [0.25, 0.3) is 0 Å². The third kappa shape index (κ3) is 3.26. The molecule has 6 nitrogen and oxygen atoms in total. The number of nitrogens with two attached hydrogens (primary N) is 1. The Morgan fingerprint density at radius 1 is 1.16 bits per heavy atom. The highest BCUT2D eigenvalue weighted by atomic mass is 16.1. The number of aromatic nitrogens is 2. The zero-order chi connectivity index (χ0) is 13.7. The van der Waals surface area contributed by atoms with E-state index < -0.39 is 0 Å². The van der Waals surface area contributed by atoms with Gasteiger partial charge in [0, 0.05) is 19.3 Å². The van der Waals surface area contributed by atoms with Gasteiger partial charge in [0.1, 0.15) is 0 Å². The molecule has 2 aromatic rings. The van der Waals surface area contributed by atoms with E-state index in [4.69, 9.17) is 5.73 Å². The minimum absolute atomic E-state index is 0.258. The molecule has 19 heavy (non-hydrogen) atoms. The standard InChI is InChI=1S/C13H15N5O/c1-15-13(19)11-6-7-12(18-17-11)16-10-4-2-9(8-14)3-5-10/h2-7H,8,14H2,1H3,(H,15,19)(H,16,18). The molecule has 1 heterocycles. The predicted molar refractivity (Wildman–Crippen MR) is 73.0 cm³/mol. The highest BCUT2D eigenvalue weighted by Gasteiger charge is 2.05. The van der Waals surface area contributed by atoms with Gasteiger partial charge in [-0.2, -0.15) is 0 Å². The molecular formula is C13H15N5O. The smallest absolute Gasteiger partial charge is 0.271 e. The van der Waals surface area contributed by atoms with E-state index in [1.165, 1.54) is 0 Å². The van der Waals surface area contributed by atoms with Crippen LogP contribution in [0, 0.1) is 0 Å². The highest BCUT2D eigenvalue weighted by molar-refractivity contribution is 5.91. The van der Waals surface area contributed by atoms with E-state index in [0.29, 0.717) is 12.4 Å². The number of carbonyl (C=O) groups is 1. The molecule has 0 saturated heterocycles. The Balaban J connectivity index is 2.08. The maximum atomic E-state index is 11.3. The van der Waals surface area contributed by atoms with E-state index in [9.17, 15) is 4.79 Å². The van der Waals surface area contributed by atoms with Crippen molar-refractivity contribution in [3.63, 3.8) is 0 Å². The van der Waals surface area contributed by atoms with E-state index in [0.717, 1.165) is 11.3 Å². The topological polar surface area (TPSA) is 92.9 Å². The van der Waals surface area contributed by atoms with Crippen molar-refractivity contribution < 1.29 is 4.79 Å². The van der Waals surface area contributed by atoms with E-state index in [1.807, 2.05) is 24.3 Å². The molecule has 0 fully saturated rings. The van der Waals surface area contributed by atoms with Crippen molar-refractivity contribution in [3.05, 3.63) is 47.7 Å². The van der Waals surface area contributed by atoms with Crippen LogP contribution in [0.2, 0.25) is 0 Å². The first kappa shape index (κ1) is 13.0. The van der Waals surface area contributed by atoms with Gasteiger partial charge in [0.25, 0.3) is 5.91 Å². The lowest BCUT2D eigenvalue weighted by Crippen LogP contribution is -2.19. The maximum Gasteiger partial charge on any atom is 0.271 e. The molecule has 1 aromatic carbocycles. The van der Waals surface area contributed by atoms with Crippen molar-refractivity contribution in [2.24, 2.45) is 5.73 Å². The van der Waals surface area contributed by atoms with Crippen LogP contribution >= 0.6 is 0 Å². The Bertz CT molecular complexity index is 550. The highest BCUT2D eigenvalue weighted by Crippen LogP contribution is 2.14. The minimum Gasteiger partial charge on any atom is -0.354 e. The lowest BCUT2D eigenvalue weighted by atomic mass is 10.2. The van der Waals surface area contributed by atoms with E-state index in [1.54, 1.807) is 19.2 Å². The number of rotatable bonds is 4. The minimum atomic E-state index is -0.258. The summed E-state index contributed by atoms with van der Waals surface area (Å²) >= 11 is 0. The predicted octanol–water partition coefficient (Wildman–Crippen LogP) is 1.04. The molecule has 4 N–H and O–H groups in total. The van der Waals surface area contributed by atoms with Crippen LogP contribution in [-0.2, 0) is 6.54 Å². The summed E-state index contributed by atoms with van der Waals surface area (Å²) in [6, 6.07) is 11.0. The summed E-state index contributed by atoms with van der Waals surface area (Å²) < 4.78 is 0. The van der Waals surface area contributed by atoms with Crippen LogP contribution in [0.15, 0.2) is 36.4 Å². The molecule has 1 amide bonds. The van der Waals surface area contributed by atoms with Gasteiger partial charge in [-0.1, -0.05) is 12.1 Å². The SMILES string of the molecule is CNC(=O)c1ccc(Nc2ccc(CN)cc2)nn1. The van der Waals surface area contributed by atoms with Crippen LogP contribution in [0.4, 0.5) is 11.5 Å². The number of amides is 1. The fourth-order valence-electron chi connectivity index (χ4n) is 1.52. The zero-order valence-corrected chi connectivity index (χ0v) is 10.6. The third-order valence-corrected chi connectivity index (χ3v) is 2.59. The van der Waals surface area contributed by atoms with E-state index >= 15 is 0 Å². The van der Waals surface area contributed by atoms with Crippen LogP contribution in [0.1, 0.15) is 16.1 Å². The molecule has 0 aliphatic carbocycles. The molecule has 0 unspecified atom stereocenters. The van der Waals surface area contributed by atoms with Gasteiger partial charge in [-0.05, 0) is 29.8 Å². The first-order chi connectivity index (χ1) is 9.22. The lowest BCUT2D eigenvalue weighted by Gasteiger charge is -2.06. The Morgan fingerprint density at radius 3 is 2.42 bits per heavy atom.